The summed E-state index contributed by atoms with van der Waals surface area (Å²) in [6, 6.07) is 0. The second-order valence-electron chi connectivity index (χ2n) is 7.65. The smallest absolute Gasteiger partial charge is 0.0528 e. The highest BCUT2D eigenvalue weighted by Crippen LogP contribution is 2.34. The molecule has 5 N–H and O–H groups in total. The molecule has 0 amide bonds. The lowest BCUT2D eigenvalue weighted by Gasteiger charge is -2.33. The van der Waals surface area contributed by atoms with Gasteiger partial charge in [-0.2, -0.15) is 0 Å². The molecule has 0 saturated heterocycles. The molecule has 0 aromatic heterocycles. The van der Waals surface area contributed by atoms with Crippen molar-refractivity contribution in [1.82, 2.24) is 15.4 Å². The standard InChI is InChI=1S/C21H49N3O2S/c1-3-5-6-7-8-9-10-11-12-13-21-27(25,26)24-20-15-19-23-18-14-17-22-16-4-2/h22-26H,3-21H2,1-2H3. The zero-order valence-electron chi connectivity index (χ0n) is 18.2. The maximum atomic E-state index is 10.1. The van der Waals surface area contributed by atoms with Crippen LogP contribution in [0.3, 0.4) is 0 Å². The minimum atomic E-state index is -2.58. The fourth-order valence-corrected chi connectivity index (χ4v) is 4.30. The van der Waals surface area contributed by atoms with Crippen LogP contribution in [0.5, 0.6) is 0 Å². The first-order valence-electron chi connectivity index (χ1n) is 11.5. The molecule has 0 fully saturated rings. The summed E-state index contributed by atoms with van der Waals surface area (Å²) >= 11 is 0. The van der Waals surface area contributed by atoms with Crippen LogP contribution in [0.4, 0.5) is 0 Å². The minimum Gasteiger partial charge on any atom is -0.317 e. The van der Waals surface area contributed by atoms with Gasteiger partial charge < -0.3 is 10.6 Å². The van der Waals surface area contributed by atoms with Gasteiger partial charge in [0.15, 0.2) is 0 Å². The van der Waals surface area contributed by atoms with E-state index in [4.69, 9.17) is 0 Å². The molecule has 0 heterocycles. The lowest BCUT2D eigenvalue weighted by molar-refractivity contribution is 0.462. The molecule has 0 aliphatic heterocycles. The Morgan fingerprint density at radius 3 is 1.56 bits per heavy atom. The third-order valence-electron chi connectivity index (χ3n) is 4.78. The van der Waals surface area contributed by atoms with Crippen LogP contribution in [0.25, 0.3) is 0 Å². The molecule has 27 heavy (non-hydrogen) atoms. The molecular weight excluding hydrogens is 358 g/mol. The van der Waals surface area contributed by atoms with Gasteiger partial charge in [0.05, 0.1) is 5.75 Å². The summed E-state index contributed by atoms with van der Waals surface area (Å²) in [5, 5.41) is 6.79. The third-order valence-corrected chi connectivity index (χ3v) is 6.30. The van der Waals surface area contributed by atoms with Crippen molar-refractivity contribution >= 4 is 10.8 Å². The van der Waals surface area contributed by atoms with Gasteiger partial charge in [-0.1, -0.05) is 71.6 Å². The molecule has 0 atom stereocenters. The Morgan fingerprint density at radius 1 is 0.519 bits per heavy atom. The second kappa shape index (κ2) is 20.9. The van der Waals surface area contributed by atoms with E-state index >= 15 is 0 Å². The largest absolute Gasteiger partial charge is 0.317 e. The average molecular weight is 408 g/mol. The van der Waals surface area contributed by atoms with E-state index in [-0.39, 0.29) is 0 Å². The lowest BCUT2D eigenvalue weighted by Crippen LogP contribution is -2.27. The normalized spacial score (nSPS) is 12.6. The molecule has 0 aliphatic rings. The molecule has 5 nitrogen and oxygen atoms in total. The topological polar surface area (TPSA) is 76.5 Å². The molecule has 0 unspecified atom stereocenters. The van der Waals surface area contributed by atoms with Gasteiger partial charge in [0.25, 0.3) is 0 Å². The zero-order valence-corrected chi connectivity index (χ0v) is 19.1. The number of unbranched alkanes of at least 4 members (excludes halogenated alkanes) is 9. The average Bonchev–Trinajstić information content (AvgIpc) is 2.64. The van der Waals surface area contributed by atoms with Crippen molar-refractivity contribution in [2.75, 3.05) is 38.5 Å². The van der Waals surface area contributed by atoms with E-state index in [9.17, 15) is 9.11 Å². The Balaban J connectivity index is 3.31. The highest BCUT2D eigenvalue weighted by Gasteiger charge is 2.10. The highest BCUT2D eigenvalue weighted by atomic mass is 32.3. The van der Waals surface area contributed by atoms with E-state index in [1.54, 1.807) is 0 Å². The summed E-state index contributed by atoms with van der Waals surface area (Å²) in [5.41, 5.74) is 0. The van der Waals surface area contributed by atoms with E-state index < -0.39 is 10.8 Å². The van der Waals surface area contributed by atoms with E-state index in [2.05, 4.69) is 29.2 Å². The molecule has 0 radical (unpaired) electrons. The van der Waals surface area contributed by atoms with Crippen molar-refractivity contribution < 1.29 is 9.11 Å². The Labute approximate surface area is 171 Å². The number of hydrogen-bond acceptors (Lipinski definition) is 5. The van der Waals surface area contributed by atoms with Crippen molar-refractivity contribution in [3.8, 4) is 0 Å². The van der Waals surface area contributed by atoms with Crippen LogP contribution < -0.4 is 15.4 Å². The number of rotatable bonds is 22. The van der Waals surface area contributed by atoms with Crippen LogP contribution in [-0.4, -0.2) is 47.6 Å². The quantitative estimate of drug-likeness (QED) is 0.152. The monoisotopic (exact) mass is 407 g/mol. The van der Waals surface area contributed by atoms with Gasteiger partial charge >= 0.3 is 0 Å². The van der Waals surface area contributed by atoms with Crippen LogP contribution in [0, 0.1) is 0 Å². The molecule has 0 spiro atoms. The Morgan fingerprint density at radius 2 is 1.00 bits per heavy atom. The summed E-state index contributed by atoms with van der Waals surface area (Å²) in [6.07, 6.45) is 15.9. The van der Waals surface area contributed by atoms with Gasteiger partial charge in [-0.15, -0.1) is 10.8 Å². The maximum absolute atomic E-state index is 10.1. The first-order valence-corrected chi connectivity index (χ1v) is 13.3. The third kappa shape index (κ3) is 22.3. The molecule has 0 saturated carbocycles. The molecular formula is C21H49N3O2S. The maximum Gasteiger partial charge on any atom is 0.0528 e. The zero-order chi connectivity index (χ0) is 20.1. The van der Waals surface area contributed by atoms with Crippen LogP contribution in [0.1, 0.15) is 97.3 Å². The summed E-state index contributed by atoms with van der Waals surface area (Å²) in [6.45, 7) is 9.21. The van der Waals surface area contributed by atoms with Gasteiger partial charge in [-0.25, -0.2) is 4.72 Å². The van der Waals surface area contributed by atoms with Crippen LogP contribution >= 0.6 is 10.8 Å². The van der Waals surface area contributed by atoms with Crippen molar-refractivity contribution in [1.29, 1.82) is 0 Å². The van der Waals surface area contributed by atoms with E-state index in [0.717, 1.165) is 51.9 Å². The summed E-state index contributed by atoms with van der Waals surface area (Å²) in [5.74, 6) is 0.500. The van der Waals surface area contributed by atoms with Gasteiger partial charge in [0, 0.05) is 6.54 Å². The van der Waals surface area contributed by atoms with Crippen molar-refractivity contribution in [3.63, 3.8) is 0 Å². The summed E-state index contributed by atoms with van der Waals surface area (Å²) < 4.78 is 23.1. The highest BCUT2D eigenvalue weighted by molar-refractivity contribution is 8.22. The Bertz CT molecular complexity index is 269. The minimum absolute atomic E-state index is 0.500. The van der Waals surface area contributed by atoms with Gasteiger partial charge in [-0.3, -0.25) is 9.11 Å². The molecule has 6 heteroatoms. The van der Waals surface area contributed by atoms with Crippen LogP contribution in [0.15, 0.2) is 0 Å². The molecule has 166 valence electrons. The molecule has 0 aromatic rings. The lowest BCUT2D eigenvalue weighted by atomic mass is 10.1. The fraction of sp³-hybridized carbons (Fsp3) is 1.00. The van der Waals surface area contributed by atoms with E-state index in [0.29, 0.717) is 12.3 Å². The molecule has 0 aromatic carbocycles. The Kier molecular flexibility index (Phi) is 21.0. The fourth-order valence-electron chi connectivity index (χ4n) is 3.08. The van der Waals surface area contributed by atoms with E-state index in [1.807, 2.05) is 0 Å². The second-order valence-corrected chi connectivity index (χ2v) is 9.68. The molecule has 0 rings (SSSR count). The van der Waals surface area contributed by atoms with Crippen molar-refractivity contribution in [2.24, 2.45) is 0 Å². The SMILES string of the molecule is CCCCCCCCCCCCS(O)(O)NCCCNCCCNCCC. The number of nitrogens with one attached hydrogen (secondary N) is 3. The molecule has 0 bridgehead atoms. The van der Waals surface area contributed by atoms with Gasteiger partial charge in [0.1, 0.15) is 0 Å². The van der Waals surface area contributed by atoms with Crippen molar-refractivity contribution in [2.45, 2.75) is 97.3 Å². The van der Waals surface area contributed by atoms with Gasteiger partial charge in [0.2, 0.25) is 0 Å². The predicted octanol–water partition coefficient (Wildman–Crippen LogP) is 5.53. The van der Waals surface area contributed by atoms with Crippen LogP contribution in [-0.2, 0) is 0 Å². The summed E-state index contributed by atoms with van der Waals surface area (Å²) in [4.78, 5) is 0. The number of hydrogen-bond donors (Lipinski definition) is 5. The van der Waals surface area contributed by atoms with Crippen molar-refractivity contribution in [3.05, 3.63) is 0 Å². The first kappa shape index (κ1) is 27.1. The van der Waals surface area contributed by atoms with Crippen LogP contribution in [0.2, 0.25) is 0 Å². The van der Waals surface area contributed by atoms with E-state index in [1.165, 1.54) is 57.8 Å². The summed E-state index contributed by atoms with van der Waals surface area (Å²) in [7, 11) is -2.58. The van der Waals surface area contributed by atoms with Gasteiger partial charge in [-0.05, 0) is 51.9 Å². The molecule has 0 aliphatic carbocycles. The first-order chi connectivity index (χ1) is 13.1. The Hall–Kier alpha value is 0.150. The predicted molar refractivity (Wildman–Crippen MR) is 123 cm³/mol.